The Bertz CT molecular complexity index is 1090. The molecule has 7 nitrogen and oxygen atoms in total. The first-order valence-electron chi connectivity index (χ1n) is 14.4. The van der Waals surface area contributed by atoms with Crippen molar-refractivity contribution >= 4 is 5.78 Å². The number of ether oxygens (including phenoxy) is 5. The third kappa shape index (κ3) is 2.69. The number of allylic oxidation sites excluding steroid dienone is 1. The molecule has 4 aliphatic heterocycles. The van der Waals surface area contributed by atoms with Crippen molar-refractivity contribution in [1.29, 1.82) is 0 Å². The molecule has 4 aliphatic carbocycles. The first-order chi connectivity index (χ1) is 17.5. The van der Waals surface area contributed by atoms with Gasteiger partial charge in [-0.05, 0) is 68.4 Å². The molecule has 1 N–H and O–H groups in total. The van der Waals surface area contributed by atoms with Crippen LogP contribution in [0.4, 0.5) is 0 Å². The van der Waals surface area contributed by atoms with Crippen LogP contribution in [0.1, 0.15) is 79.6 Å². The Labute approximate surface area is 219 Å². The maximum Gasteiger partial charge on any atom is 0.213 e. The fraction of sp³-hybridized carbons (Fsp3) is 0.833. The maximum atomic E-state index is 14.4. The SMILES string of the molecule is C=C1C(=O)[C@@]23[C@@H]4OC(C)(C)OC25OC[C@]2(C6=C(CC[C@H](OCCCC)O6)CC(C)(C)[C@H]2[C@@H]5O)[C@@H]3CC[C@@H]14. The van der Waals surface area contributed by atoms with E-state index in [1.165, 1.54) is 5.57 Å². The third-order valence-corrected chi connectivity index (χ3v) is 11.0. The molecule has 0 radical (unpaired) electrons. The first kappa shape index (κ1) is 24.8. The molecule has 8 rings (SSSR count). The Balaban J connectivity index is 1.43. The van der Waals surface area contributed by atoms with Gasteiger partial charge in [0.05, 0.1) is 24.7 Å². The van der Waals surface area contributed by atoms with E-state index < -0.39 is 34.6 Å². The van der Waals surface area contributed by atoms with Crippen LogP contribution in [0, 0.1) is 34.0 Å². The summed E-state index contributed by atoms with van der Waals surface area (Å²) < 4.78 is 33.0. The van der Waals surface area contributed by atoms with Crippen molar-refractivity contribution in [3.63, 3.8) is 0 Å². The van der Waals surface area contributed by atoms with Crippen LogP contribution in [0.5, 0.6) is 0 Å². The number of hydrogen-bond donors (Lipinski definition) is 1. The molecular weight excluding hydrogens is 472 g/mol. The minimum absolute atomic E-state index is 0.0471. The number of hydrogen-bond acceptors (Lipinski definition) is 7. The van der Waals surface area contributed by atoms with Crippen molar-refractivity contribution in [2.75, 3.05) is 13.2 Å². The summed E-state index contributed by atoms with van der Waals surface area (Å²) in [5.74, 6) is -2.00. The van der Waals surface area contributed by atoms with E-state index in [2.05, 4.69) is 27.4 Å². The average Bonchev–Trinajstić information content (AvgIpc) is 2.94. The predicted molar refractivity (Wildman–Crippen MR) is 134 cm³/mol. The number of aliphatic hydroxyl groups is 1. The lowest BCUT2D eigenvalue weighted by Gasteiger charge is -2.77. The van der Waals surface area contributed by atoms with E-state index in [0.717, 1.165) is 50.7 Å². The second kappa shape index (κ2) is 7.48. The normalized spacial score (nSPS) is 50.3. The standard InChI is InChI=1S/C30H42O7/c1-7-8-13-33-20-12-9-17-14-26(3,4)21-23(32)30-29-19(28(21,15-34-30)24(17)35-20)11-10-18(16(2)22(29)31)25(29)36-27(5,6)37-30/h18-21,23,25,32H,2,7-15H2,1,3-6H3/t18-,19-,20+,21+,23-,25+,28-,29-,30?/m0/s1. The summed E-state index contributed by atoms with van der Waals surface area (Å²) in [6.45, 7) is 15.7. The number of ketones is 1. The molecular formula is C30H42O7. The summed E-state index contributed by atoms with van der Waals surface area (Å²) in [6, 6.07) is 0. The van der Waals surface area contributed by atoms with Crippen LogP contribution in [-0.4, -0.2) is 54.2 Å². The first-order valence-corrected chi connectivity index (χ1v) is 14.4. The van der Waals surface area contributed by atoms with Crippen LogP contribution in [0.25, 0.3) is 0 Å². The van der Waals surface area contributed by atoms with Crippen LogP contribution in [-0.2, 0) is 28.5 Å². The lowest BCUT2D eigenvalue weighted by Crippen LogP contribution is -2.87. The van der Waals surface area contributed by atoms with Gasteiger partial charge in [0.1, 0.15) is 17.3 Å². The van der Waals surface area contributed by atoms with Crippen molar-refractivity contribution in [2.45, 2.75) is 110 Å². The van der Waals surface area contributed by atoms with Gasteiger partial charge >= 0.3 is 0 Å². The number of Topliss-reactive ketones (excluding diaryl/α,β-unsaturated/α-hetero) is 1. The zero-order valence-electron chi connectivity index (χ0n) is 22.9. The van der Waals surface area contributed by atoms with Gasteiger partial charge in [-0.1, -0.05) is 33.8 Å². The van der Waals surface area contributed by atoms with Crippen molar-refractivity contribution in [3.05, 3.63) is 23.5 Å². The van der Waals surface area contributed by atoms with E-state index in [1.807, 2.05) is 13.8 Å². The Morgan fingerprint density at radius 2 is 1.95 bits per heavy atom. The number of carbonyl (C=O) groups is 1. The van der Waals surface area contributed by atoms with E-state index in [9.17, 15) is 9.90 Å². The highest BCUT2D eigenvalue weighted by atomic mass is 16.8. The maximum absolute atomic E-state index is 14.4. The van der Waals surface area contributed by atoms with Gasteiger partial charge in [-0.3, -0.25) is 4.79 Å². The van der Waals surface area contributed by atoms with Gasteiger partial charge in [-0.15, -0.1) is 0 Å². The third-order valence-electron chi connectivity index (χ3n) is 11.0. The number of fused-ring (bicyclic) bond motifs is 1. The van der Waals surface area contributed by atoms with E-state index in [-0.39, 0.29) is 35.2 Å². The summed E-state index contributed by atoms with van der Waals surface area (Å²) in [7, 11) is 0. The molecule has 3 saturated heterocycles. The van der Waals surface area contributed by atoms with E-state index in [0.29, 0.717) is 18.8 Å². The predicted octanol–water partition coefficient (Wildman–Crippen LogP) is 4.63. The quantitative estimate of drug-likeness (QED) is 0.433. The topological polar surface area (TPSA) is 83.5 Å². The van der Waals surface area contributed by atoms with Crippen LogP contribution in [0.15, 0.2) is 23.5 Å². The number of aliphatic hydroxyl groups excluding tert-OH is 1. The lowest BCUT2D eigenvalue weighted by molar-refractivity contribution is -0.527. The molecule has 204 valence electrons. The average molecular weight is 515 g/mol. The van der Waals surface area contributed by atoms with Gasteiger partial charge in [0.25, 0.3) is 0 Å². The van der Waals surface area contributed by atoms with Crippen molar-refractivity contribution in [2.24, 2.45) is 34.0 Å². The Morgan fingerprint density at radius 1 is 1.16 bits per heavy atom. The molecule has 0 amide bonds. The molecule has 4 heterocycles. The Kier molecular flexibility index (Phi) is 5.01. The van der Waals surface area contributed by atoms with Gasteiger partial charge in [0.2, 0.25) is 5.79 Å². The van der Waals surface area contributed by atoms with Crippen LogP contribution >= 0.6 is 0 Å². The molecule has 9 atom stereocenters. The number of carbonyl (C=O) groups excluding carboxylic acids is 1. The molecule has 4 bridgehead atoms. The minimum atomic E-state index is -1.47. The second-order valence-corrected chi connectivity index (χ2v) is 13.8. The zero-order valence-corrected chi connectivity index (χ0v) is 22.9. The highest BCUT2D eigenvalue weighted by Gasteiger charge is 2.90. The van der Waals surface area contributed by atoms with E-state index in [1.54, 1.807) is 0 Å². The van der Waals surface area contributed by atoms with Crippen LogP contribution in [0.3, 0.4) is 0 Å². The molecule has 3 spiro atoms. The molecule has 3 saturated carbocycles. The van der Waals surface area contributed by atoms with Crippen molar-refractivity contribution in [3.8, 4) is 0 Å². The van der Waals surface area contributed by atoms with Gasteiger partial charge in [0.15, 0.2) is 17.9 Å². The van der Waals surface area contributed by atoms with E-state index in [4.69, 9.17) is 23.7 Å². The number of rotatable bonds is 4. The highest BCUT2D eigenvalue weighted by molar-refractivity contribution is 6.05. The smallest absolute Gasteiger partial charge is 0.213 e. The molecule has 0 aromatic heterocycles. The monoisotopic (exact) mass is 514 g/mol. The van der Waals surface area contributed by atoms with Crippen molar-refractivity contribution < 1.29 is 33.6 Å². The largest absolute Gasteiger partial charge is 0.469 e. The molecule has 7 heteroatoms. The Morgan fingerprint density at radius 3 is 2.70 bits per heavy atom. The molecule has 0 aromatic carbocycles. The zero-order chi connectivity index (χ0) is 26.2. The summed E-state index contributed by atoms with van der Waals surface area (Å²) in [6.07, 6.45) is 4.53. The summed E-state index contributed by atoms with van der Waals surface area (Å²) in [4.78, 5) is 14.4. The molecule has 0 aromatic rings. The summed E-state index contributed by atoms with van der Waals surface area (Å²) in [5.41, 5.74) is -0.130. The van der Waals surface area contributed by atoms with Gasteiger partial charge in [-0.2, -0.15) is 0 Å². The van der Waals surface area contributed by atoms with Crippen LogP contribution in [0.2, 0.25) is 0 Å². The van der Waals surface area contributed by atoms with Gasteiger partial charge < -0.3 is 28.8 Å². The summed E-state index contributed by atoms with van der Waals surface area (Å²) in [5, 5.41) is 12.4. The molecule has 37 heavy (non-hydrogen) atoms. The molecule has 1 unspecified atom stereocenters. The Hall–Kier alpha value is -1.25. The van der Waals surface area contributed by atoms with Crippen LogP contribution < -0.4 is 0 Å². The van der Waals surface area contributed by atoms with E-state index >= 15 is 0 Å². The highest BCUT2D eigenvalue weighted by Crippen LogP contribution is 2.80. The number of unbranched alkanes of at least 4 members (excludes halogenated alkanes) is 1. The fourth-order valence-electron chi connectivity index (χ4n) is 10.1. The fourth-order valence-corrected chi connectivity index (χ4v) is 10.1. The summed E-state index contributed by atoms with van der Waals surface area (Å²) >= 11 is 0. The van der Waals surface area contributed by atoms with Crippen molar-refractivity contribution in [1.82, 2.24) is 0 Å². The van der Waals surface area contributed by atoms with Gasteiger partial charge in [-0.25, -0.2) is 0 Å². The molecule has 6 fully saturated rings. The van der Waals surface area contributed by atoms with Gasteiger partial charge in [0, 0.05) is 18.3 Å². The lowest BCUT2D eigenvalue weighted by atomic mass is 9.36. The molecule has 8 aliphatic rings. The second-order valence-electron chi connectivity index (χ2n) is 13.8. The minimum Gasteiger partial charge on any atom is -0.469 e.